The normalized spacial score (nSPS) is 54.0. The minimum absolute atomic E-state index is 0.0222. The second-order valence-corrected chi connectivity index (χ2v) is 20.4. The standard InChI is InChI=1S/C42H64O14/c1-20-26(44)27(45)28(46)34(53-20)55-31-29(47)32(33(49)50)56-35(30(31)48)54-25-11-12-38(4)23(39(25,5)19-43)10-13-41(7)24(38)9-8-21-22-18-37(2,3)14-16-42(22,36(51)52)17-15-40(21,41)6/h8,19-20,22-32,34-35,44-48H,9-18H2,1-7H3,(H,49,50)(H,51,52)/t20-,22+,23+,24+,25-,26-,27+,28-,29+,30-,31+,32+,34+,35-,38-,39-,40+,41+,42+/m0/s1. The van der Waals surface area contributed by atoms with Crippen LogP contribution in [0.25, 0.3) is 0 Å². The summed E-state index contributed by atoms with van der Waals surface area (Å²) in [4.78, 5) is 38.8. The fourth-order valence-corrected chi connectivity index (χ4v) is 13.5. The maximum atomic E-state index is 13.4. The van der Waals surface area contributed by atoms with Crippen LogP contribution in [0.3, 0.4) is 0 Å². The molecule has 19 atom stereocenters. The molecule has 0 aromatic rings. The quantitative estimate of drug-likeness (QED) is 0.112. The molecule has 0 radical (unpaired) electrons. The molecule has 7 N–H and O–H groups in total. The molecular formula is C42H64O14. The summed E-state index contributed by atoms with van der Waals surface area (Å²) in [5.41, 5.74) is -1.14. The summed E-state index contributed by atoms with van der Waals surface area (Å²) in [5, 5.41) is 74.3. The third-order valence-corrected chi connectivity index (χ3v) is 17.2. The maximum Gasteiger partial charge on any atom is 0.335 e. The Labute approximate surface area is 328 Å². The molecule has 14 nitrogen and oxygen atoms in total. The van der Waals surface area contributed by atoms with Crippen molar-refractivity contribution < 1.29 is 69.1 Å². The number of ether oxygens (including phenoxy) is 4. The van der Waals surface area contributed by atoms with E-state index in [1.807, 2.05) is 6.92 Å². The molecule has 0 unspecified atom stereocenters. The zero-order valence-corrected chi connectivity index (χ0v) is 33.8. The predicted molar refractivity (Wildman–Crippen MR) is 197 cm³/mol. The number of aliphatic hydroxyl groups excluding tert-OH is 5. The molecule has 0 spiro atoms. The van der Waals surface area contributed by atoms with Crippen molar-refractivity contribution >= 4 is 18.2 Å². The van der Waals surface area contributed by atoms with Crippen molar-refractivity contribution in [2.75, 3.05) is 0 Å². The number of allylic oxidation sites excluding steroid dienone is 2. The molecule has 0 amide bonds. The lowest BCUT2D eigenvalue weighted by Gasteiger charge is -2.71. The molecule has 14 heteroatoms. The van der Waals surface area contributed by atoms with E-state index in [4.69, 9.17) is 18.9 Å². The van der Waals surface area contributed by atoms with Gasteiger partial charge in [0.1, 0.15) is 42.9 Å². The SMILES string of the molecule is C[C@@H]1O[C@H](O[C@H]2[C@H](O)[C@@H](O[C@H]3CC[C@]4(C)[C@H]5CC=C6[C@H]7CC(C)(C)CC[C@@]7(C(=O)O)CC[C@@]6(C)[C@]5(C)CC[C@H]4[C@]3(C)C=O)O[C@@H](C(=O)O)[C@@H]2O)[C@@H](O)[C@H](O)[C@H]1O. The Kier molecular flexibility index (Phi) is 10.6. The molecule has 2 saturated heterocycles. The van der Waals surface area contributed by atoms with Crippen molar-refractivity contribution in [2.45, 2.75) is 180 Å². The number of carbonyl (C=O) groups is 3. The van der Waals surface area contributed by atoms with Crippen LogP contribution in [-0.2, 0) is 33.3 Å². The van der Waals surface area contributed by atoms with Crippen LogP contribution in [0.5, 0.6) is 0 Å². The first-order valence-corrected chi connectivity index (χ1v) is 20.7. The van der Waals surface area contributed by atoms with E-state index in [9.17, 15) is 50.1 Å². The molecule has 4 saturated carbocycles. The van der Waals surface area contributed by atoms with Crippen LogP contribution in [-0.4, -0.2) is 121 Å². The fourth-order valence-electron chi connectivity index (χ4n) is 13.5. The highest BCUT2D eigenvalue weighted by atomic mass is 16.7. The summed E-state index contributed by atoms with van der Waals surface area (Å²) in [6, 6.07) is 0. The van der Waals surface area contributed by atoms with Crippen molar-refractivity contribution in [1.29, 1.82) is 0 Å². The van der Waals surface area contributed by atoms with Crippen molar-refractivity contribution in [2.24, 2.45) is 50.2 Å². The van der Waals surface area contributed by atoms with E-state index in [0.717, 1.165) is 38.4 Å². The molecule has 2 heterocycles. The molecule has 56 heavy (non-hydrogen) atoms. The van der Waals surface area contributed by atoms with Crippen LogP contribution >= 0.6 is 0 Å². The highest BCUT2D eigenvalue weighted by molar-refractivity contribution is 5.76. The summed E-state index contributed by atoms with van der Waals surface area (Å²) >= 11 is 0. The first-order chi connectivity index (χ1) is 26.0. The lowest BCUT2D eigenvalue weighted by Crippen LogP contribution is -2.67. The van der Waals surface area contributed by atoms with Gasteiger partial charge in [0.25, 0.3) is 0 Å². The summed E-state index contributed by atoms with van der Waals surface area (Å²) in [6.07, 6.45) is -6.80. The van der Waals surface area contributed by atoms with E-state index in [2.05, 4.69) is 40.7 Å². The number of aldehydes is 1. The number of aliphatic carboxylic acids is 2. The van der Waals surface area contributed by atoms with Crippen LogP contribution in [0.15, 0.2) is 11.6 Å². The number of rotatable bonds is 7. The van der Waals surface area contributed by atoms with E-state index >= 15 is 0 Å². The first kappa shape index (κ1) is 42.1. The lowest BCUT2D eigenvalue weighted by atomic mass is 9.33. The van der Waals surface area contributed by atoms with Crippen molar-refractivity contribution in [3.8, 4) is 0 Å². The van der Waals surface area contributed by atoms with Gasteiger partial charge >= 0.3 is 11.9 Å². The number of fused-ring (bicyclic) bond motifs is 7. The van der Waals surface area contributed by atoms with Gasteiger partial charge in [0.05, 0.1) is 23.0 Å². The summed E-state index contributed by atoms with van der Waals surface area (Å²) in [6.45, 7) is 14.8. The number of aliphatic hydroxyl groups is 5. The van der Waals surface area contributed by atoms with Crippen LogP contribution in [0.2, 0.25) is 0 Å². The van der Waals surface area contributed by atoms with Crippen molar-refractivity contribution in [3.05, 3.63) is 11.6 Å². The number of hydrogen-bond donors (Lipinski definition) is 7. The Morgan fingerprint density at radius 2 is 1.43 bits per heavy atom. The summed E-state index contributed by atoms with van der Waals surface area (Å²) in [5.74, 6) is -2.21. The summed E-state index contributed by atoms with van der Waals surface area (Å²) < 4.78 is 23.4. The second kappa shape index (κ2) is 14.0. The van der Waals surface area contributed by atoms with Crippen LogP contribution < -0.4 is 0 Å². The molecule has 0 bridgehead atoms. The Morgan fingerprint density at radius 1 is 0.768 bits per heavy atom. The minimum atomic E-state index is -1.94. The van der Waals surface area contributed by atoms with E-state index in [1.54, 1.807) is 0 Å². The number of carbonyl (C=O) groups excluding carboxylic acids is 1. The van der Waals surface area contributed by atoms with Gasteiger partial charge in [-0.05, 0) is 111 Å². The topological polar surface area (TPSA) is 230 Å². The molecule has 2 aliphatic heterocycles. The molecule has 7 rings (SSSR count). The van der Waals surface area contributed by atoms with Gasteiger partial charge < -0.3 is 59.5 Å². The molecule has 316 valence electrons. The van der Waals surface area contributed by atoms with Gasteiger partial charge in [-0.3, -0.25) is 4.79 Å². The first-order valence-electron chi connectivity index (χ1n) is 20.7. The van der Waals surface area contributed by atoms with E-state index in [1.165, 1.54) is 12.5 Å². The van der Waals surface area contributed by atoms with Gasteiger partial charge in [0.2, 0.25) is 0 Å². The Bertz CT molecular complexity index is 1600. The third-order valence-electron chi connectivity index (χ3n) is 17.2. The number of hydrogen-bond acceptors (Lipinski definition) is 12. The highest BCUT2D eigenvalue weighted by Gasteiger charge is 2.70. The number of carboxylic acids is 2. The molecule has 5 aliphatic carbocycles. The van der Waals surface area contributed by atoms with Crippen molar-refractivity contribution in [3.63, 3.8) is 0 Å². The monoisotopic (exact) mass is 792 g/mol. The second-order valence-electron chi connectivity index (χ2n) is 20.4. The molecule has 7 aliphatic rings. The van der Waals surface area contributed by atoms with Gasteiger partial charge in [-0.2, -0.15) is 0 Å². The Morgan fingerprint density at radius 3 is 2.07 bits per heavy atom. The zero-order valence-electron chi connectivity index (χ0n) is 33.8. The predicted octanol–water partition coefficient (Wildman–Crippen LogP) is 3.18. The smallest absolute Gasteiger partial charge is 0.335 e. The van der Waals surface area contributed by atoms with Crippen LogP contribution in [0, 0.1) is 50.2 Å². The van der Waals surface area contributed by atoms with Gasteiger partial charge in [0.15, 0.2) is 18.7 Å². The van der Waals surface area contributed by atoms with E-state index < -0.39 is 90.3 Å². The van der Waals surface area contributed by atoms with Gasteiger partial charge in [-0.25, -0.2) is 4.79 Å². The average molecular weight is 793 g/mol. The average Bonchev–Trinajstić information content (AvgIpc) is 3.13. The molecule has 6 fully saturated rings. The molecule has 0 aromatic heterocycles. The summed E-state index contributed by atoms with van der Waals surface area (Å²) in [7, 11) is 0. The Balaban J connectivity index is 1.15. The fraction of sp³-hybridized carbons (Fsp3) is 0.881. The van der Waals surface area contributed by atoms with Crippen LogP contribution in [0.1, 0.15) is 113 Å². The van der Waals surface area contributed by atoms with Gasteiger partial charge in [-0.1, -0.05) is 53.2 Å². The maximum absolute atomic E-state index is 13.4. The largest absolute Gasteiger partial charge is 0.481 e. The lowest BCUT2D eigenvalue weighted by molar-refractivity contribution is -0.362. The number of carboxylic acid groups (broad SMARTS) is 2. The van der Waals surface area contributed by atoms with Gasteiger partial charge in [0, 0.05) is 0 Å². The van der Waals surface area contributed by atoms with Gasteiger partial charge in [-0.15, -0.1) is 0 Å². The van der Waals surface area contributed by atoms with E-state index in [-0.39, 0.29) is 39.4 Å². The molecule has 0 aromatic carbocycles. The molecular weight excluding hydrogens is 728 g/mol. The zero-order chi connectivity index (χ0) is 41.1. The third kappa shape index (κ3) is 6.01. The highest BCUT2D eigenvalue weighted by Crippen LogP contribution is 2.75. The van der Waals surface area contributed by atoms with Crippen molar-refractivity contribution in [1.82, 2.24) is 0 Å². The van der Waals surface area contributed by atoms with E-state index in [0.29, 0.717) is 32.1 Å². The Hall–Kier alpha value is -2.01. The van der Waals surface area contributed by atoms with Crippen LogP contribution in [0.4, 0.5) is 0 Å². The minimum Gasteiger partial charge on any atom is -0.481 e.